The number of carbonyl (C=O) groups excluding carboxylic acids is 1. The van der Waals surface area contributed by atoms with Crippen LogP contribution in [-0.2, 0) is 27.4 Å². The molecule has 2 rings (SSSR count). The van der Waals surface area contributed by atoms with E-state index in [1.54, 1.807) is 7.11 Å². The minimum absolute atomic E-state index is 0. The SMILES string of the molecule is COCc1cccc(CNC(=O)C2COCCN2)c1.Cl. The first-order chi connectivity index (χ1) is 9.29. The minimum Gasteiger partial charge on any atom is -0.380 e. The summed E-state index contributed by atoms with van der Waals surface area (Å²) in [6.45, 7) is 2.94. The number of hydrogen-bond acceptors (Lipinski definition) is 4. The molecule has 0 radical (unpaired) electrons. The second kappa shape index (κ2) is 8.92. The number of carbonyl (C=O) groups is 1. The summed E-state index contributed by atoms with van der Waals surface area (Å²) in [5, 5.41) is 6.05. The minimum atomic E-state index is -0.240. The van der Waals surface area contributed by atoms with Crippen LogP contribution < -0.4 is 10.6 Å². The van der Waals surface area contributed by atoms with Gasteiger partial charge in [0.15, 0.2) is 0 Å². The number of nitrogens with one attached hydrogen (secondary N) is 2. The lowest BCUT2D eigenvalue weighted by molar-refractivity contribution is -0.126. The first-order valence-electron chi connectivity index (χ1n) is 6.45. The Kier molecular flexibility index (Phi) is 7.54. The molecule has 6 heteroatoms. The van der Waals surface area contributed by atoms with Crippen LogP contribution in [-0.4, -0.2) is 38.8 Å². The Balaban J connectivity index is 0.00000200. The molecule has 5 nitrogen and oxygen atoms in total. The molecule has 0 saturated carbocycles. The molecule has 1 unspecified atom stereocenters. The molecule has 1 fully saturated rings. The normalized spacial score (nSPS) is 18.1. The Labute approximate surface area is 125 Å². The van der Waals surface area contributed by atoms with Gasteiger partial charge in [0.2, 0.25) is 5.91 Å². The summed E-state index contributed by atoms with van der Waals surface area (Å²) >= 11 is 0. The van der Waals surface area contributed by atoms with E-state index < -0.39 is 0 Å². The number of morpholine rings is 1. The fraction of sp³-hybridized carbons (Fsp3) is 0.500. The van der Waals surface area contributed by atoms with Crippen LogP contribution in [0.25, 0.3) is 0 Å². The smallest absolute Gasteiger partial charge is 0.239 e. The van der Waals surface area contributed by atoms with Gasteiger partial charge in [0.25, 0.3) is 0 Å². The summed E-state index contributed by atoms with van der Waals surface area (Å²) < 4.78 is 10.4. The highest BCUT2D eigenvalue weighted by atomic mass is 35.5. The van der Waals surface area contributed by atoms with Gasteiger partial charge >= 0.3 is 0 Å². The Hall–Kier alpha value is -1.14. The fourth-order valence-corrected chi connectivity index (χ4v) is 2.04. The van der Waals surface area contributed by atoms with Crippen LogP contribution in [0, 0.1) is 0 Å². The molecule has 1 aromatic carbocycles. The third-order valence-electron chi connectivity index (χ3n) is 3.01. The van der Waals surface area contributed by atoms with Gasteiger partial charge in [-0.25, -0.2) is 0 Å². The number of amides is 1. The molecule has 0 aromatic heterocycles. The van der Waals surface area contributed by atoms with E-state index in [1.807, 2.05) is 24.3 Å². The van der Waals surface area contributed by atoms with Gasteiger partial charge in [0, 0.05) is 20.2 Å². The molecule has 20 heavy (non-hydrogen) atoms. The third-order valence-corrected chi connectivity index (χ3v) is 3.01. The predicted molar refractivity (Wildman–Crippen MR) is 78.9 cm³/mol. The van der Waals surface area contributed by atoms with Crippen molar-refractivity contribution in [3.8, 4) is 0 Å². The van der Waals surface area contributed by atoms with E-state index >= 15 is 0 Å². The lowest BCUT2D eigenvalue weighted by Crippen LogP contribution is -2.51. The highest BCUT2D eigenvalue weighted by Crippen LogP contribution is 2.06. The fourth-order valence-electron chi connectivity index (χ4n) is 2.04. The monoisotopic (exact) mass is 300 g/mol. The van der Waals surface area contributed by atoms with Gasteiger partial charge in [-0.1, -0.05) is 24.3 Å². The van der Waals surface area contributed by atoms with Crippen molar-refractivity contribution in [3.63, 3.8) is 0 Å². The molecule has 112 valence electrons. The second-order valence-electron chi connectivity index (χ2n) is 4.55. The van der Waals surface area contributed by atoms with Gasteiger partial charge in [-0.05, 0) is 11.1 Å². The van der Waals surface area contributed by atoms with Crippen LogP contribution in [0.4, 0.5) is 0 Å². The van der Waals surface area contributed by atoms with Gasteiger partial charge in [-0.3, -0.25) is 4.79 Å². The van der Waals surface area contributed by atoms with Gasteiger partial charge in [0.05, 0.1) is 19.8 Å². The zero-order chi connectivity index (χ0) is 13.5. The van der Waals surface area contributed by atoms with Crippen molar-refractivity contribution in [3.05, 3.63) is 35.4 Å². The Morgan fingerprint density at radius 3 is 3.00 bits per heavy atom. The second-order valence-corrected chi connectivity index (χ2v) is 4.55. The standard InChI is InChI=1S/C14H20N2O3.ClH/c1-18-9-12-4-2-3-11(7-12)8-16-14(17)13-10-19-6-5-15-13;/h2-4,7,13,15H,5-6,8-10H2,1H3,(H,16,17);1H. The largest absolute Gasteiger partial charge is 0.380 e. The number of rotatable bonds is 5. The molecule has 1 aliphatic heterocycles. The summed E-state index contributed by atoms with van der Waals surface area (Å²) in [7, 11) is 1.67. The number of benzene rings is 1. The maximum absolute atomic E-state index is 11.9. The van der Waals surface area contributed by atoms with Crippen molar-refractivity contribution in [2.75, 3.05) is 26.9 Å². The molecular weight excluding hydrogens is 280 g/mol. The zero-order valence-electron chi connectivity index (χ0n) is 11.6. The molecule has 1 aliphatic rings. The van der Waals surface area contributed by atoms with Crippen molar-refractivity contribution in [2.24, 2.45) is 0 Å². The zero-order valence-corrected chi connectivity index (χ0v) is 12.4. The quantitative estimate of drug-likeness (QED) is 0.847. The van der Waals surface area contributed by atoms with Crippen molar-refractivity contribution in [1.82, 2.24) is 10.6 Å². The average molecular weight is 301 g/mol. The Bertz CT molecular complexity index is 423. The molecule has 1 amide bonds. The van der Waals surface area contributed by atoms with E-state index in [0.29, 0.717) is 26.4 Å². The molecule has 1 atom stereocenters. The van der Waals surface area contributed by atoms with E-state index in [1.165, 1.54) is 0 Å². The first kappa shape index (κ1) is 16.9. The number of halogens is 1. The molecule has 0 spiro atoms. The Morgan fingerprint density at radius 2 is 2.30 bits per heavy atom. The first-order valence-corrected chi connectivity index (χ1v) is 6.45. The molecule has 1 aromatic rings. The predicted octanol–water partition coefficient (Wildman–Crippen LogP) is 0.859. The van der Waals surface area contributed by atoms with E-state index in [-0.39, 0.29) is 24.4 Å². The van der Waals surface area contributed by atoms with E-state index in [0.717, 1.165) is 17.7 Å². The van der Waals surface area contributed by atoms with Crippen LogP contribution in [0.1, 0.15) is 11.1 Å². The van der Waals surface area contributed by atoms with Gasteiger partial charge in [-0.2, -0.15) is 0 Å². The Morgan fingerprint density at radius 1 is 1.50 bits per heavy atom. The molecular formula is C14H21ClN2O3. The highest BCUT2D eigenvalue weighted by Gasteiger charge is 2.20. The van der Waals surface area contributed by atoms with Crippen LogP contribution in [0.3, 0.4) is 0 Å². The van der Waals surface area contributed by atoms with Crippen LogP contribution in [0.5, 0.6) is 0 Å². The van der Waals surface area contributed by atoms with Crippen molar-refractivity contribution in [1.29, 1.82) is 0 Å². The maximum atomic E-state index is 11.9. The number of hydrogen-bond donors (Lipinski definition) is 2. The summed E-state index contributed by atoms with van der Waals surface area (Å²) in [6.07, 6.45) is 0. The lowest BCUT2D eigenvalue weighted by Gasteiger charge is -2.22. The maximum Gasteiger partial charge on any atom is 0.239 e. The summed E-state index contributed by atoms with van der Waals surface area (Å²) in [5.41, 5.74) is 2.17. The van der Waals surface area contributed by atoms with Crippen molar-refractivity contribution >= 4 is 18.3 Å². The average Bonchev–Trinajstić information content (AvgIpc) is 2.46. The molecule has 0 bridgehead atoms. The number of methoxy groups -OCH3 is 1. The van der Waals surface area contributed by atoms with Crippen molar-refractivity contribution < 1.29 is 14.3 Å². The highest BCUT2D eigenvalue weighted by molar-refractivity contribution is 5.85. The van der Waals surface area contributed by atoms with E-state index in [9.17, 15) is 4.79 Å². The third kappa shape index (κ3) is 5.09. The summed E-state index contributed by atoms with van der Waals surface area (Å²) in [6, 6.07) is 7.76. The summed E-state index contributed by atoms with van der Waals surface area (Å²) in [4.78, 5) is 11.9. The number of ether oxygens (including phenoxy) is 2. The molecule has 0 aliphatic carbocycles. The van der Waals surface area contributed by atoms with Gasteiger partial charge < -0.3 is 20.1 Å². The van der Waals surface area contributed by atoms with E-state index in [4.69, 9.17) is 9.47 Å². The topological polar surface area (TPSA) is 59.6 Å². The van der Waals surface area contributed by atoms with Crippen LogP contribution in [0.15, 0.2) is 24.3 Å². The van der Waals surface area contributed by atoms with Gasteiger partial charge in [0.1, 0.15) is 6.04 Å². The van der Waals surface area contributed by atoms with E-state index in [2.05, 4.69) is 10.6 Å². The van der Waals surface area contributed by atoms with Gasteiger partial charge in [-0.15, -0.1) is 12.4 Å². The summed E-state index contributed by atoms with van der Waals surface area (Å²) in [5.74, 6) is -0.0168. The molecule has 2 N–H and O–H groups in total. The van der Waals surface area contributed by atoms with Crippen LogP contribution in [0.2, 0.25) is 0 Å². The lowest BCUT2D eigenvalue weighted by atomic mass is 10.1. The van der Waals surface area contributed by atoms with Crippen molar-refractivity contribution in [2.45, 2.75) is 19.2 Å². The van der Waals surface area contributed by atoms with Crippen LogP contribution >= 0.6 is 12.4 Å². The molecule has 1 saturated heterocycles. The molecule has 1 heterocycles.